The van der Waals surface area contributed by atoms with Crippen LogP contribution in [0.25, 0.3) is 11.3 Å². The first-order valence-electron chi connectivity index (χ1n) is 6.92. The Kier molecular flexibility index (Phi) is 4.11. The number of amides is 2. The Balaban J connectivity index is 1.58. The number of benzene rings is 1. The van der Waals surface area contributed by atoms with E-state index in [2.05, 4.69) is 15.8 Å². The van der Waals surface area contributed by atoms with Gasteiger partial charge in [0.15, 0.2) is 11.5 Å². The minimum Gasteiger partial charge on any atom is -0.355 e. The minimum absolute atomic E-state index is 0.0710. The Hall–Kier alpha value is -2.34. The second-order valence-electron chi connectivity index (χ2n) is 5.11. The highest BCUT2D eigenvalue weighted by Gasteiger charge is 2.23. The Morgan fingerprint density at radius 1 is 1.27 bits per heavy atom. The first kappa shape index (κ1) is 14.6. The van der Waals surface area contributed by atoms with Gasteiger partial charge in [0.25, 0.3) is 5.91 Å². The SMILES string of the molecule is O=C(CNC(=O)c1cc(-c2ccc(Cl)cc2)on1)NC1CC1. The van der Waals surface area contributed by atoms with E-state index in [1.165, 1.54) is 6.07 Å². The Morgan fingerprint density at radius 3 is 2.68 bits per heavy atom. The number of hydrogen-bond donors (Lipinski definition) is 2. The minimum atomic E-state index is -0.449. The third-order valence-electron chi connectivity index (χ3n) is 3.22. The van der Waals surface area contributed by atoms with Crippen LogP contribution in [0, 0.1) is 0 Å². The van der Waals surface area contributed by atoms with Crippen molar-refractivity contribution in [1.29, 1.82) is 0 Å². The summed E-state index contributed by atoms with van der Waals surface area (Å²) in [6.45, 7) is -0.0710. The van der Waals surface area contributed by atoms with Crippen molar-refractivity contribution in [2.45, 2.75) is 18.9 Å². The zero-order chi connectivity index (χ0) is 15.5. The molecule has 3 rings (SSSR count). The number of carbonyl (C=O) groups is 2. The molecule has 0 radical (unpaired) electrons. The summed E-state index contributed by atoms with van der Waals surface area (Å²) in [6, 6.07) is 8.79. The van der Waals surface area contributed by atoms with Crippen molar-refractivity contribution in [3.63, 3.8) is 0 Å². The number of aromatic nitrogens is 1. The van der Waals surface area contributed by atoms with Gasteiger partial charge in [0.2, 0.25) is 5.91 Å². The molecule has 0 spiro atoms. The van der Waals surface area contributed by atoms with Gasteiger partial charge in [-0.3, -0.25) is 9.59 Å². The van der Waals surface area contributed by atoms with E-state index in [1.54, 1.807) is 24.3 Å². The molecule has 0 saturated heterocycles. The summed E-state index contributed by atoms with van der Waals surface area (Å²) in [5, 5.41) is 9.63. The van der Waals surface area contributed by atoms with Gasteiger partial charge >= 0.3 is 0 Å². The summed E-state index contributed by atoms with van der Waals surface area (Å²) < 4.78 is 5.14. The molecule has 0 aliphatic heterocycles. The van der Waals surface area contributed by atoms with Crippen LogP contribution in [-0.2, 0) is 4.79 Å². The highest BCUT2D eigenvalue weighted by Crippen LogP contribution is 2.22. The predicted molar refractivity (Wildman–Crippen MR) is 80.4 cm³/mol. The molecule has 0 unspecified atom stereocenters. The van der Waals surface area contributed by atoms with Gasteiger partial charge in [-0.2, -0.15) is 0 Å². The molecule has 2 amide bonds. The molecule has 0 atom stereocenters. The quantitative estimate of drug-likeness (QED) is 0.883. The third-order valence-corrected chi connectivity index (χ3v) is 3.48. The topological polar surface area (TPSA) is 84.2 Å². The van der Waals surface area contributed by atoms with Gasteiger partial charge in [0.1, 0.15) is 0 Å². The fraction of sp³-hybridized carbons (Fsp3) is 0.267. The highest BCUT2D eigenvalue weighted by molar-refractivity contribution is 6.30. The molecule has 1 fully saturated rings. The van der Waals surface area contributed by atoms with E-state index in [-0.39, 0.29) is 24.2 Å². The second kappa shape index (κ2) is 6.19. The Morgan fingerprint density at radius 2 is 2.00 bits per heavy atom. The van der Waals surface area contributed by atoms with Crippen molar-refractivity contribution < 1.29 is 14.1 Å². The Labute approximate surface area is 131 Å². The molecule has 2 aromatic rings. The van der Waals surface area contributed by atoms with Crippen molar-refractivity contribution in [1.82, 2.24) is 15.8 Å². The van der Waals surface area contributed by atoms with E-state index >= 15 is 0 Å². The molecule has 1 heterocycles. The molecule has 1 saturated carbocycles. The zero-order valence-electron chi connectivity index (χ0n) is 11.6. The standard InChI is InChI=1S/C15H14ClN3O3/c16-10-3-1-9(2-4-10)13-7-12(19-22-13)15(21)17-8-14(20)18-11-5-6-11/h1-4,7,11H,5-6,8H2,(H,17,21)(H,18,20). The van der Waals surface area contributed by atoms with Crippen LogP contribution in [0.1, 0.15) is 23.3 Å². The van der Waals surface area contributed by atoms with Crippen LogP contribution in [0.3, 0.4) is 0 Å². The lowest BCUT2D eigenvalue weighted by molar-refractivity contribution is -0.120. The van der Waals surface area contributed by atoms with Crippen molar-refractivity contribution in [3.8, 4) is 11.3 Å². The monoisotopic (exact) mass is 319 g/mol. The van der Waals surface area contributed by atoms with E-state index in [1.807, 2.05) is 0 Å². The lowest BCUT2D eigenvalue weighted by atomic mass is 10.1. The van der Waals surface area contributed by atoms with Gasteiger partial charge < -0.3 is 15.2 Å². The molecule has 1 aromatic heterocycles. The number of halogens is 1. The summed E-state index contributed by atoms with van der Waals surface area (Å²) >= 11 is 5.82. The van der Waals surface area contributed by atoms with E-state index < -0.39 is 5.91 Å². The summed E-state index contributed by atoms with van der Waals surface area (Å²) in [4.78, 5) is 23.4. The van der Waals surface area contributed by atoms with Crippen LogP contribution in [0.5, 0.6) is 0 Å². The number of rotatable bonds is 5. The van der Waals surface area contributed by atoms with Crippen LogP contribution in [0.2, 0.25) is 5.02 Å². The maximum atomic E-state index is 11.9. The lowest BCUT2D eigenvalue weighted by Crippen LogP contribution is -2.37. The Bertz CT molecular complexity index is 692. The number of nitrogens with one attached hydrogen (secondary N) is 2. The van der Waals surface area contributed by atoms with Gasteiger partial charge in [-0.25, -0.2) is 0 Å². The second-order valence-corrected chi connectivity index (χ2v) is 5.54. The first-order valence-corrected chi connectivity index (χ1v) is 7.30. The number of carbonyl (C=O) groups excluding carboxylic acids is 2. The smallest absolute Gasteiger partial charge is 0.273 e. The van der Waals surface area contributed by atoms with Gasteiger partial charge in [-0.15, -0.1) is 0 Å². The molecule has 0 bridgehead atoms. The normalized spacial score (nSPS) is 13.7. The molecule has 2 N–H and O–H groups in total. The van der Waals surface area contributed by atoms with Crippen molar-refractivity contribution in [3.05, 3.63) is 41.0 Å². The predicted octanol–water partition coefficient (Wildman–Crippen LogP) is 2.00. The number of nitrogens with zero attached hydrogens (tertiary/aromatic N) is 1. The van der Waals surface area contributed by atoms with Gasteiger partial charge in [0, 0.05) is 22.7 Å². The maximum Gasteiger partial charge on any atom is 0.273 e. The van der Waals surface area contributed by atoms with Crippen molar-refractivity contribution in [2.75, 3.05) is 6.54 Å². The van der Waals surface area contributed by atoms with Crippen LogP contribution in [0.15, 0.2) is 34.9 Å². The average molecular weight is 320 g/mol. The van der Waals surface area contributed by atoms with E-state index in [0.717, 1.165) is 18.4 Å². The lowest BCUT2D eigenvalue weighted by Gasteiger charge is -2.03. The molecule has 114 valence electrons. The van der Waals surface area contributed by atoms with Gasteiger partial charge in [-0.05, 0) is 37.1 Å². The molecule has 22 heavy (non-hydrogen) atoms. The molecule has 1 aliphatic carbocycles. The molecule has 1 aromatic carbocycles. The van der Waals surface area contributed by atoms with Crippen LogP contribution in [0.4, 0.5) is 0 Å². The number of hydrogen-bond acceptors (Lipinski definition) is 4. The van der Waals surface area contributed by atoms with Crippen molar-refractivity contribution in [2.24, 2.45) is 0 Å². The van der Waals surface area contributed by atoms with Crippen LogP contribution in [-0.4, -0.2) is 29.6 Å². The summed E-state index contributed by atoms with van der Waals surface area (Å²) in [6.07, 6.45) is 2.01. The molecule has 7 heteroatoms. The first-order chi connectivity index (χ1) is 10.6. The molecular weight excluding hydrogens is 306 g/mol. The van der Waals surface area contributed by atoms with E-state index in [4.69, 9.17) is 16.1 Å². The van der Waals surface area contributed by atoms with E-state index in [0.29, 0.717) is 10.8 Å². The maximum absolute atomic E-state index is 11.9. The van der Waals surface area contributed by atoms with E-state index in [9.17, 15) is 9.59 Å². The molecular formula is C15H14ClN3O3. The molecule has 6 nitrogen and oxygen atoms in total. The van der Waals surface area contributed by atoms with Gasteiger partial charge in [0.05, 0.1) is 6.54 Å². The summed E-state index contributed by atoms with van der Waals surface area (Å²) in [7, 11) is 0. The van der Waals surface area contributed by atoms with Crippen LogP contribution >= 0.6 is 11.6 Å². The average Bonchev–Trinajstić information content (AvgIpc) is 3.18. The zero-order valence-corrected chi connectivity index (χ0v) is 12.4. The largest absolute Gasteiger partial charge is 0.355 e. The summed E-state index contributed by atoms with van der Waals surface area (Å²) in [5.41, 5.74) is 0.895. The molecule has 1 aliphatic rings. The highest BCUT2D eigenvalue weighted by atomic mass is 35.5. The third kappa shape index (κ3) is 3.65. The van der Waals surface area contributed by atoms with Gasteiger partial charge in [-0.1, -0.05) is 16.8 Å². The fourth-order valence-corrected chi connectivity index (χ4v) is 2.02. The fourth-order valence-electron chi connectivity index (χ4n) is 1.89. The van der Waals surface area contributed by atoms with Crippen molar-refractivity contribution >= 4 is 23.4 Å². The van der Waals surface area contributed by atoms with Crippen LogP contribution < -0.4 is 10.6 Å². The summed E-state index contributed by atoms with van der Waals surface area (Å²) in [5.74, 6) is -0.184.